The molecule has 0 fully saturated rings. The molecule has 7 nitrogen and oxygen atoms in total. The Bertz CT molecular complexity index is 876. The predicted octanol–water partition coefficient (Wildman–Crippen LogP) is 1.59. The van der Waals surface area contributed by atoms with Crippen molar-refractivity contribution < 1.29 is 19.2 Å². The topological polar surface area (TPSA) is 95.6 Å². The Labute approximate surface area is 163 Å². The van der Waals surface area contributed by atoms with Gasteiger partial charge in [-0.15, -0.1) is 0 Å². The first-order valence-electron chi connectivity index (χ1n) is 8.23. The number of amides is 4. The van der Waals surface area contributed by atoms with Crippen LogP contribution in [-0.4, -0.2) is 48.2 Å². The summed E-state index contributed by atoms with van der Waals surface area (Å²) < 4.78 is 0.875. The van der Waals surface area contributed by atoms with Gasteiger partial charge in [-0.3, -0.25) is 24.1 Å². The van der Waals surface area contributed by atoms with Crippen LogP contribution < -0.4 is 10.6 Å². The van der Waals surface area contributed by atoms with Gasteiger partial charge in [-0.05, 0) is 36.4 Å². The van der Waals surface area contributed by atoms with Crippen molar-refractivity contribution in [2.75, 3.05) is 19.6 Å². The zero-order chi connectivity index (χ0) is 19.4. The van der Waals surface area contributed by atoms with Gasteiger partial charge in [-0.25, -0.2) is 0 Å². The lowest BCUT2D eigenvalue weighted by atomic mass is 10.1. The summed E-state index contributed by atoms with van der Waals surface area (Å²) in [6, 6.07) is 13.3. The zero-order valence-corrected chi connectivity index (χ0v) is 15.8. The molecule has 1 heterocycles. The lowest BCUT2D eigenvalue weighted by Crippen LogP contribution is -2.42. The van der Waals surface area contributed by atoms with Gasteiger partial charge in [0.05, 0.1) is 11.1 Å². The molecule has 1 aliphatic heterocycles. The second-order valence-corrected chi connectivity index (χ2v) is 6.77. The van der Waals surface area contributed by atoms with Gasteiger partial charge in [0, 0.05) is 23.1 Å². The molecule has 0 aliphatic carbocycles. The van der Waals surface area contributed by atoms with Crippen LogP contribution in [-0.2, 0) is 4.79 Å². The van der Waals surface area contributed by atoms with E-state index in [1.54, 1.807) is 48.5 Å². The molecule has 0 saturated carbocycles. The van der Waals surface area contributed by atoms with Gasteiger partial charge in [0.25, 0.3) is 17.7 Å². The molecule has 2 N–H and O–H groups in total. The molecule has 4 amide bonds. The maximum Gasteiger partial charge on any atom is 0.262 e. The molecule has 138 valence electrons. The number of nitrogens with zero attached hydrogens (tertiary/aromatic N) is 1. The highest BCUT2D eigenvalue weighted by atomic mass is 79.9. The Morgan fingerprint density at radius 3 is 2.00 bits per heavy atom. The zero-order valence-electron chi connectivity index (χ0n) is 14.2. The third-order valence-electron chi connectivity index (χ3n) is 4.02. The van der Waals surface area contributed by atoms with Crippen molar-refractivity contribution in [2.45, 2.75) is 0 Å². The molecule has 1 aliphatic rings. The number of carbonyl (C=O) groups excluding carboxylic acids is 4. The number of nitrogens with one attached hydrogen (secondary N) is 2. The molecule has 0 aromatic heterocycles. The Hall–Kier alpha value is -3.00. The van der Waals surface area contributed by atoms with Crippen molar-refractivity contribution in [3.63, 3.8) is 0 Å². The Morgan fingerprint density at radius 1 is 0.852 bits per heavy atom. The summed E-state index contributed by atoms with van der Waals surface area (Å²) in [7, 11) is 0. The van der Waals surface area contributed by atoms with E-state index in [9.17, 15) is 19.2 Å². The van der Waals surface area contributed by atoms with Gasteiger partial charge in [-0.1, -0.05) is 28.1 Å². The van der Waals surface area contributed by atoms with Gasteiger partial charge < -0.3 is 10.6 Å². The van der Waals surface area contributed by atoms with E-state index in [0.717, 1.165) is 9.37 Å². The number of benzene rings is 2. The van der Waals surface area contributed by atoms with Crippen molar-refractivity contribution in [3.05, 3.63) is 69.7 Å². The highest BCUT2D eigenvalue weighted by Crippen LogP contribution is 2.21. The summed E-state index contributed by atoms with van der Waals surface area (Å²) in [6.45, 7) is 0.0556. The number of halogens is 1. The van der Waals surface area contributed by atoms with Gasteiger partial charge in [0.15, 0.2) is 0 Å². The SMILES string of the molecule is O=C(CN1C(=O)c2ccccc2C1=O)NCCNC(=O)c1ccc(Br)cc1. The summed E-state index contributed by atoms with van der Waals surface area (Å²) in [4.78, 5) is 49.3. The molecule has 2 aromatic carbocycles. The summed E-state index contributed by atoms with van der Waals surface area (Å²) in [5.41, 5.74) is 1.12. The highest BCUT2D eigenvalue weighted by Gasteiger charge is 2.36. The van der Waals surface area contributed by atoms with Crippen LogP contribution in [0, 0.1) is 0 Å². The number of carbonyl (C=O) groups is 4. The highest BCUT2D eigenvalue weighted by molar-refractivity contribution is 9.10. The second kappa shape index (κ2) is 8.13. The van der Waals surface area contributed by atoms with Crippen LogP contribution >= 0.6 is 15.9 Å². The number of hydrogen-bond donors (Lipinski definition) is 2. The molecule has 27 heavy (non-hydrogen) atoms. The summed E-state index contributed by atoms with van der Waals surface area (Å²) in [5.74, 6) is -1.68. The maximum absolute atomic E-state index is 12.2. The molecule has 3 rings (SSSR count). The molecule has 0 saturated heterocycles. The number of rotatable bonds is 6. The fourth-order valence-corrected chi connectivity index (χ4v) is 2.93. The third-order valence-corrected chi connectivity index (χ3v) is 4.55. The third kappa shape index (κ3) is 4.22. The fraction of sp³-hybridized carbons (Fsp3) is 0.158. The summed E-state index contributed by atoms with van der Waals surface area (Å²) in [6.07, 6.45) is 0. The van der Waals surface area contributed by atoms with Gasteiger partial charge in [0.1, 0.15) is 6.54 Å². The molecular formula is C19H16BrN3O4. The summed E-state index contributed by atoms with van der Waals surface area (Å²) >= 11 is 3.30. The minimum Gasteiger partial charge on any atom is -0.353 e. The summed E-state index contributed by atoms with van der Waals surface area (Å²) in [5, 5.41) is 5.27. The van der Waals surface area contributed by atoms with Crippen molar-refractivity contribution in [2.24, 2.45) is 0 Å². The van der Waals surface area contributed by atoms with Crippen molar-refractivity contribution >= 4 is 39.6 Å². The number of hydrogen-bond acceptors (Lipinski definition) is 4. The quantitative estimate of drug-likeness (QED) is 0.538. The van der Waals surface area contributed by atoms with E-state index < -0.39 is 17.7 Å². The first-order valence-corrected chi connectivity index (χ1v) is 9.02. The molecule has 8 heteroatoms. The molecule has 2 aromatic rings. The van der Waals surface area contributed by atoms with E-state index in [2.05, 4.69) is 26.6 Å². The first kappa shape index (κ1) is 18.8. The van der Waals surface area contributed by atoms with E-state index in [1.165, 1.54) is 0 Å². The van der Waals surface area contributed by atoms with Crippen LogP contribution in [0.4, 0.5) is 0 Å². The monoisotopic (exact) mass is 429 g/mol. The van der Waals surface area contributed by atoms with Crippen LogP contribution in [0.25, 0.3) is 0 Å². The minimum absolute atomic E-state index is 0.185. The second-order valence-electron chi connectivity index (χ2n) is 5.85. The van der Waals surface area contributed by atoms with E-state index in [-0.39, 0.29) is 25.5 Å². The smallest absolute Gasteiger partial charge is 0.262 e. The van der Waals surface area contributed by atoms with Crippen LogP contribution in [0.1, 0.15) is 31.1 Å². The standard InChI is InChI=1S/C19H16BrN3O4/c20-13-7-5-12(6-8-13)17(25)22-10-9-21-16(24)11-23-18(26)14-3-1-2-4-15(14)19(23)27/h1-8H,9-11H2,(H,21,24)(H,22,25). The van der Waals surface area contributed by atoms with Crippen LogP contribution in [0.3, 0.4) is 0 Å². The number of fused-ring (bicyclic) bond motifs is 1. The van der Waals surface area contributed by atoms with Gasteiger partial charge in [-0.2, -0.15) is 0 Å². The van der Waals surface area contributed by atoms with E-state index in [0.29, 0.717) is 16.7 Å². The Kier molecular flexibility index (Phi) is 5.66. The lowest BCUT2D eigenvalue weighted by molar-refractivity contribution is -0.121. The van der Waals surface area contributed by atoms with E-state index in [4.69, 9.17) is 0 Å². The average Bonchev–Trinajstić information content (AvgIpc) is 2.91. The minimum atomic E-state index is -0.478. The lowest BCUT2D eigenvalue weighted by Gasteiger charge is -2.13. The molecule has 0 unspecified atom stereocenters. The predicted molar refractivity (Wildman–Crippen MR) is 101 cm³/mol. The van der Waals surface area contributed by atoms with Crippen molar-refractivity contribution in [1.29, 1.82) is 0 Å². The van der Waals surface area contributed by atoms with Crippen LogP contribution in [0.5, 0.6) is 0 Å². The molecule has 0 bridgehead atoms. The van der Waals surface area contributed by atoms with Crippen molar-refractivity contribution in [3.8, 4) is 0 Å². The molecule has 0 atom stereocenters. The van der Waals surface area contributed by atoms with Crippen molar-refractivity contribution in [1.82, 2.24) is 15.5 Å². The molecular weight excluding hydrogens is 414 g/mol. The fourth-order valence-electron chi connectivity index (χ4n) is 2.66. The van der Waals surface area contributed by atoms with E-state index in [1.807, 2.05) is 0 Å². The van der Waals surface area contributed by atoms with E-state index >= 15 is 0 Å². The van der Waals surface area contributed by atoms with Gasteiger partial charge >= 0.3 is 0 Å². The number of imide groups is 1. The first-order chi connectivity index (χ1) is 13.0. The molecule has 0 radical (unpaired) electrons. The Morgan fingerprint density at radius 2 is 1.41 bits per heavy atom. The normalized spacial score (nSPS) is 12.7. The van der Waals surface area contributed by atoms with Crippen LogP contribution in [0.15, 0.2) is 53.0 Å². The van der Waals surface area contributed by atoms with Gasteiger partial charge in [0.2, 0.25) is 5.91 Å². The largest absolute Gasteiger partial charge is 0.353 e. The average molecular weight is 430 g/mol. The maximum atomic E-state index is 12.2. The Balaban J connectivity index is 1.44. The molecule has 0 spiro atoms. The van der Waals surface area contributed by atoms with Crippen LogP contribution in [0.2, 0.25) is 0 Å².